The number of amides is 1. The van der Waals surface area contributed by atoms with E-state index in [-0.39, 0.29) is 17.5 Å². The van der Waals surface area contributed by atoms with Gasteiger partial charge in [0.25, 0.3) is 5.91 Å². The van der Waals surface area contributed by atoms with Gasteiger partial charge in [-0.05, 0) is 20.3 Å². The third-order valence-corrected chi connectivity index (χ3v) is 2.43. The highest BCUT2D eigenvalue weighted by Gasteiger charge is 2.30. The number of hydrogen-bond donors (Lipinski definition) is 1. The predicted octanol–water partition coefficient (Wildman–Crippen LogP) is 2.54. The molecule has 1 heterocycles. The zero-order chi connectivity index (χ0) is 14.6. The summed E-state index contributed by atoms with van der Waals surface area (Å²) in [6, 6.07) is -0.0760. The van der Waals surface area contributed by atoms with Crippen molar-refractivity contribution in [2.75, 3.05) is 0 Å². The lowest BCUT2D eigenvalue weighted by atomic mass is 10.1. The molecular formula is C12H18F3N3O. The van der Waals surface area contributed by atoms with Gasteiger partial charge in [-0.3, -0.25) is 9.48 Å². The van der Waals surface area contributed by atoms with Crippen LogP contribution < -0.4 is 5.32 Å². The first-order valence-electron chi connectivity index (χ1n) is 6.17. The van der Waals surface area contributed by atoms with Crippen molar-refractivity contribution < 1.29 is 18.0 Å². The molecule has 1 rings (SSSR count). The summed E-state index contributed by atoms with van der Waals surface area (Å²) in [4.78, 5) is 11.9. The van der Waals surface area contributed by atoms with E-state index in [1.807, 2.05) is 6.92 Å². The second-order valence-electron chi connectivity index (χ2n) is 4.66. The minimum absolute atomic E-state index is 0.0760. The van der Waals surface area contributed by atoms with E-state index in [9.17, 15) is 18.0 Å². The first kappa shape index (κ1) is 15.5. The Hall–Kier alpha value is -1.53. The average Bonchev–Trinajstić information content (AvgIpc) is 2.59. The average molecular weight is 277 g/mol. The molecule has 0 atom stereocenters. The molecule has 0 fully saturated rings. The Labute approximate surface area is 110 Å². The lowest BCUT2D eigenvalue weighted by molar-refractivity contribution is -0.143. The number of carbonyl (C=O) groups is 1. The minimum Gasteiger partial charge on any atom is -0.350 e. The van der Waals surface area contributed by atoms with Crippen molar-refractivity contribution in [3.05, 3.63) is 17.5 Å². The van der Waals surface area contributed by atoms with E-state index in [1.54, 1.807) is 13.8 Å². The van der Waals surface area contributed by atoms with Crippen LogP contribution in [0.5, 0.6) is 0 Å². The predicted molar refractivity (Wildman–Crippen MR) is 64.9 cm³/mol. The summed E-state index contributed by atoms with van der Waals surface area (Å²) in [5.74, 6) is -0.383. The molecule has 1 amide bonds. The number of carbonyl (C=O) groups excluding carboxylic acids is 1. The summed E-state index contributed by atoms with van der Waals surface area (Å²) in [6.45, 7) is 4.25. The summed E-state index contributed by atoms with van der Waals surface area (Å²) in [5, 5.41) is 6.34. The van der Waals surface area contributed by atoms with Gasteiger partial charge >= 0.3 is 6.18 Å². The van der Waals surface area contributed by atoms with Gasteiger partial charge in [0.15, 0.2) is 0 Å². The van der Waals surface area contributed by atoms with Gasteiger partial charge in [-0.1, -0.05) is 13.3 Å². The van der Waals surface area contributed by atoms with Crippen LogP contribution in [0.2, 0.25) is 0 Å². The third kappa shape index (κ3) is 4.57. The van der Waals surface area contributed by atoms with Gasteiger partial charge in [-0.15, -0.1) is 0 Å². The fourth-order valence-corrected chi connectivity index (χ4v) is 1.75. The van der Waals surface area contributed by atoms with Gasteiger partial charge in [-0.25, -0.2) is 0 Å². The molecule has 0 aliphatic heterocycles. The molecular weight excluding hydrogens is 259 g/mol. The molecule has 1 aromatic heterocycles. The molecule has 0 aliphatic carbocycles. The molecule has 19 heavy (non-hydrogen) atoms. The Morgan fingerprint density at radius 2 is 2.11 bits per heavy atom. The van der Waals surface area contributed by atoms with Crippen molar-refractivity contribution in [2.45, 2.75) is 52.4 Å². The highest BCUT2D eigenvalue weighted by molar-refractivity contribution is 5.95. The monoisotopic (exact) mass is 277 g/mol. The first-order chi connectivity index (χ1) is 8.74. The van der Waals surface area contributed by atoms with Crippen LogP contribution in [-0.4, -0.2) is 27.9 Å². The van der Waals surface area contributed by atoms with Gasteiger partial charge in [0, 0.05) is 6.04 Å². The van der Waals surface area contributed by atoms with Crippen molar-refractivity contribution in [3.63, 3.8) is 0 Å². The van der Waals surface area contributed by atoms with E-state index in [4.69, 9.17) is 0 Å². The maximum atomic E-state index is 12.4. The van der Waals surface area contributed by atoms with Crippen LogP contribution in [-0.2, 0) is 13.0 Å². The minimum atomic E-state index is -4.35. The van der Waals surface area contributed by atoms with E-state index in [0.717, 1.165) is 4.68 Å². The highest BCUT2D eigenvalue weighted by atomic mass is 19.4. The number of aromatic nitrogens is 2. The van der Waals surface area contributed by atoms with E-state index in [0.29, 0.717) is 18.5 Å². The van der Waals surface area contributed by atoms with E-state index >= 15 is 0 Å². The quantitative estimate of drug-likeness (QED) is 0.899. The number of alkyl halides is 3. The van der Waals surface area contributed by atoms with Crippen molar-refractivity contribution in [1.29, 1.82) is 0 Å². The Balaban J connectivity index is 3.02. The van der Waals surface area contributed by atoms with E-state index < -0.39 is 12.7 Å². The normalized spacial score (nSPS) is 11.9. The molecule has 0 saturated heterocycles. The number of nitrogens with zero attached hydrogens (tertiary/aromatic N) is 2. The van der Waals surface area contributed by atoms with Crippen LogP contribution in [0.1, 0.15) is 43.2 Å². The summed E-state index contributed by atoms with van der Waals surface area (Å²) in [7, 11) is 0. The zero-order valence-electron chi connectivity index (χ0n) is 11.2. The Morgan fingerprint density at radius 1 is 1.47 bits per heavy atom. The Bertz CT molecular complexity index is 438. The number of rotatable bonds is 5. The number of hydrogen-bond acceptors (Lipinski definition) is 2. The van der Waals surface area contributed by atoms with E-state index in [1.165, 1.54) is 6.20 Å². The van der Waals surface area contributed by atoms with Crippen LogP contribution >= 0.6 is 0 Å². The van der Waals surface area contributed by atoms with Crippen molar-refractivity contribution in [3.8, 4) is 0 Å². The van der Waals surface area contributed by atoms with Gasteiger partial charge in [0.05, 0.1) is 17.5 Å². The smallest absolute Gasteiger partial charge is 0.350 e. The summed E-state index contributed by atoms with van der Waals surface area (Å²) < 4.78 is 38.1. The molecule has 1 aromatic rings. The maximum Gasteiger partial charge on any atom is 0.408 e. The molecule has 0 aliphatic rings. The van der Waals surface area contributed by atoms with Crippen molar-refractivity contribution >= 4 is 5.91 Å². The fourth-order valence-electron chi connectivity index (χ4n) is 1.75. The molecule has 1 N–H and O–H groups in total. The summed E-state index contributed by atoms with van der Waals surface area (Å²) in [6.07, 6.45) is -2.11. The van der Waals surface area contributed by atoms with Crippen molar-refractivity contribution in [2.24, 2.45) is 0 Å². The second-order valence-corrected chi connectivity index (χ2v) is 4.66. The molecule has 0 radical (unpaired) electrons. The van der Waals surface area contributed by atoms with Gasteiger partial charge in [0.1, 0.15) is 6.54 Å². The van der Waals surface area contributed by atoms with Crippen LogP contribution in [0.15, 0.2) is 6.20 Å². The van der Waals surface area contributed by atoms with Crippen LogP contribution in [0.4, 0.5) is 13.2 Å². The topological polar surface area (TPSA) is 46.9 Å². The SMILES string of the molecule is CCCc1c(C(=O)NC(C)C)cnn1CC(F)(F)F. The molecule has 7 heteroatoms. The first-order valence-corrected chi connectivity index (χ1v) is 6.17. The molecule has 0 spiro atoms. The van der Waals surface area contributed by atoms with Gasteiger partial charge in [-0.2, -0.15) is 18.3 Å². The number of halogens is 3. The van der Waals surface area contributed by atoms with Crippen LogP contribution in [0.3, 0.4) is 0 Å². The van der Waals surface area contributed by atoms with Crippen molar-refractivity contribution in [1.82, 2.24) is 15.1 Å². The Kier molecular flexibility index (Phi) is 4.97. The molecule has 4 nitrogen and oxygen atoms in total. The standard InChI is InChI=1S/C12H18F3N3O/c1-4-5-10-9(11(19)17-8(2)3)6-16-18(10)7-12(13,14)15/h6,8H,4-5,7H2,1-3H3,(H,17,19). The fraction of sp³-hybridized carbons (Fsp3) is 0.667. The van der Waals surface area contributed by atoms with Gasteiger partial charge < -0.3 is 5.32 Å². The molecule has 0 saturated carbocycles. The zero-order valence-corrected chi connectivity index (χ0v) is 11.2. The largest absolute Gasteiger partial charge is 0.408 e. The molecule has 0 unspecified atom stereocenters. The lowest BCUT2D eigenvalue weighted by Crippen LogP contribution is -2.31. The second kappa shape index (κ2) is 6.08. The summed E-state index contributed by atoms with van der Waals surface area (Å²) >= 11 is 0. The highest BCUT2D eigenvalue weighted by Crippen LogP contribution is 2.20. The van der Waals surface area contributed by atoms with E-state index in [2.05, 4.69) is 10.4 Å². The van der Waals surface area contributed by atoms with Crippen LogP contribution in [0.25, 0.3) is 0 Å². The third-order valence-electron chi connectivity index (χ3n) is 2.43. The lowest BCUT2D eigenvalue weighted by Gasteiger charge is -2.12. The molecule has 108 valence electrons. The van der Waals surface area contributed by atoms with Gasteiger partial charge in [0.2, 0.25) is 0 Å². The number of nitrogens with one attached hydrogen (secondary N) is 1. The molecule has 0 aromatic carbocycles. The Morgan fingerprint density at radius 3 is 2.58 bits per heavy atom. The maximum absolute atomic E-state index is 12.4. The van der Waals surface area contributed by atoms with Crippen LogP contribution in [0, 0.1) is 0 Å². The summed E-state index contributed by atoms with van der Waals surface area (Å²) in [5.41, 5.74) is 0.553. The molecule has 0 bridgehead atoms.